The summed E-state index contributed by atoms with van der Waals surface area (Å²) in [7, 11) is -0.605. The summed E-state index contributed by atoms with van der Waals surface area (Å²) in [6, 6.07) is 0. The van der Waals surface area contributed by atoms with E-state index >= 15 is 0 Å². The maximum Gasteiger partial charge on any atom is 0.494 e. The van der Waals surface area contributed by atoms with Gasteiger partial charge in [0.15, 0.2) is 0 Å². The smallest absolute Gasteiger partial charge is 0.145 e. The van der Waals surface area contributed by atoms with Gasteiger partial charge in [-0.05, 0) is 17.9 Å². The van der Waals surface area contributed by atoms with E-state index in [0.717, 1.165) is 6.42 Å². The van der Waals surface area contributed by atoms with Gasteiger partial charge in [0.1, 0.15) is 6.10 Å². The van der Waals surface area contributed by atoms with E-state index in [1.807, 2.05) is 13.8 Å². The van der Waals surface area contributed by atoms with E-state index in [4.69, 9.17) is 0 Å². The second-order valence-electron chi connectivity index (χ2n) is 1.42. The summed E-state index contributed by atoms with van der Waals surface area (Å²) in [5.41, 5.74) is 0. The van der Waals surface area contributed by atoms with E-state index in [2.05, 4.69) is 4.52 Å². The molecule has 2 atom stereocenters. The summed E-state index contributed by atoms with van der Waals surface area (Å²) in [6.45, 7) is 3.88. The van der Waals surface area contributed by atoms with Gasteiger partial charge in [-0.2, -0.15) is 0 Å². The predicted octanol–water partition coefficient (Wildman–Crippen LogP) is 1.74. The van der Waals surface area contributed by atoms with E-state index in [-0.39, 0.29) is 25.6 Å². The van der Waals surface area contributed by atoms with Crippen molar-refractivity contribution in [2.24, 2.45) is 0 Å². The van der Waals surface area contributed by atoms with Crippen molar-refractivity contribution >= 4 is 8.69 Å². The number of hydrogen-bond acceptors (Lipinski definition) is 2. The predicted molar refractivity (Wildman–Crippen MR) is 29.8 cm³/mol. The quantitative estimate of drug-likeness (QED) is 0.496. The molecule has 0 amide bonds. The first kappa shape index (κ1) is 11.5. The Kier molecular flexibility index (Phi) is 11.0. The molecule has 0 radical (unpaired) electrons. The van der Waals surface area contributed by atoms with Gasteiger partial charge in [0.2, 0.25) is 0 Å². The summed E-state index contributed by atoms with van der Waals surface area (Å²) in [6.07, 6.45) is 1.07. The Hall–Kier alpha value is 0.683. The van der Waals surface area contributed by atoms with E-state index < -0.39 is 8.69 Å². The molecule has 0 aromatic carbocycles. The standard InChI is InChI=1S/C4H10O2P.Zn/c1-3-4(2)6-7-5;/h4,7H,3H2,1-2H3;/q+1;. The van der Waals surface area contributed by atoms with Crippen LogP contribution < -0.4 is 0 Å². The monoisotopic (exact) mass is 185 g/mol. The largest absolute Gasteiger partial charge is 0.494 e. The van der Waals surface area contributed by atoms with Gasteiger partial charge in [0, 0.05) is 19.5 Å². The fourth-order valence-electron chi connectivity index (χ4n) is 0.165. The van der Waals surface area contributed by atoms with Crippen LogP contribution in [0.3, 0.4) is 0 Å². The van der Waals surface area contributed by atoms with Crippen molar-refractivity contribution in [1.82, 2.24) is 0 Å². The van der Waals surface area contributed by atoms with Crippen LogP contribution in [0.2, 0.25) is 0 Å². The Bertz CT molecular complexity index is 60.0. The van der Waals surface area contributed by atoms with Crippen molar-refractivity contribution in [2.75, 3.05) is 0 Å². The molecule has 0 N–H and O–H groups in total. The van der Waals surface area contributed by atoms with Gasteiger partial charge in [0.05, 0.1) is 0 Å². The third kappa shape index (κ3) is 6.68. The minimum Gasteiger partial charge on any atom is -0.145 e. The molecule has 0 aromatic heterocycles. The molecule has 0 saturated heterocycles. The Balaban J connectivity index is 0. The zero-order chi connectivity index (χ0) is 5.70. The first-order valence-electron chi connectivity index (χ1n) is 2.34. The summed E-state index contributed by atoms with van der Waals surface area (Å²) < 4.78 is 14.4. The van der Waals surface area contributed by atoms with Crippen LogP contribution in [-0.2, 0) is 28.6 Å². The second kappa shape index (κ2) is 7.68. The van der Waals surface area contributed by atoms with Gasteiger partial charge < -0.3 is 0 Å². The van der Waals surface area contributed by atoms with Crippen molar-refractivity contribution in [2.45, 2.75) is 26.4 Å². The molecule has 2 nitrogen and oxygen atoms in total. The third-order valence-electron chi connectivity index (χ3n) is 0.824. The van der Waals surface area contributed by atoms with Gasteiger partial charge in [-0.25, -0.2) is 0 Å². The van der Waals surface area contributed by atoms with E-state index in [0.29, 0.717) is 0 Å². The average Bonchev–Trinajstić information content (AvgIpc) is 1.68. The van der Waals surface area contributed by atoms with Crippen LogP contribution in [0.15, 0.2) is 0 Å². The van der Waals surface area contributed by atoms with Crippen LogP contribution in [0.4, 0.5) is 0 Å². The molecule has 0 spiro atoms. The van der Waals surface area contributed by atoms with Crippen LogP contribution in [-0.4, -0.2) is 6.10 Å². The minimum atomic E-state index is -0.605. The van der Waals surface area contributed by atoms with Gasteiger partial charge in [-0.3, -0.25) is 0 Å². The molecule has 0 rings (SSSR count). The Labute approximate surface area is 64.0 Å². The zero-order valence-electron chi connectivity index (χ0n) is 5.31. The van der Waals surface area contributed by atoms with Crippen molar-refractivity contribution in [1.29, 1.82) is 0 Å². The van der Waals surface area contributed by atoms with Crippen molar-refractivity contribution in [3.63, 3.8) is 0 Å². The third-order valence-corrected chi connectivity index (χ3v) is 1.32. The fourth-order valence-corrected chi connectivity index (χ4v) is 0.496. The Morgan fingerprint density at radius 1 is 1.75 bits per heavy atom. The van der Waals surface area contributed by atoms with Crippen molar-refractivity contribution in [3.05, 3.63) is 0 Å². The molecule has 44 valence electrons. The molecule has 0 heterocycles. The number of rotatable bonds is 3. The molecule has 0 fully saturated rings. The molecule has 0 aliphatic heterocycles. The van der Waals surface area contributed by atoms with Crippen LogP contribution in [0.25, 0.3) is 0 Å². The molecule has 0 aliphatic rings. The molecular formula is C4H10O2PZn+. The van der Waals surface area contributed by atoms with E-state index in [9.17, 15) is 4.57 Å². The van der Waals surface area contributed by atoms with Crippen molar-refractivity contribution in [3.8, 4) is 0 Å². The van der Waals surface area contributed by atoms with Gasteiger partial charge >= 0.3 is 8.69 Å². The van der Waals surface area contributed by atoms with Crippen LogP contribution in [0, 0.1) is 0 Å². The summed E-state index contributed by atoms with van der Waals surface area (Å²) >= 11 is 0. The molecule has 0 aliphatic carbocycles. The molecule has 2 unspecified atom stereocenters. The van der Waals surface area contributed by atoms with Gasteiger partial charge in [-0.15, -0.1) is 4.52 Å². The Morgan fingerprint density at radius 3 is 2.38 bits per heavy atom. The molecule has 0 aromatic rings. The second-order valence-corrected chi connectivity index (χ2v) is 1.82. The summed E-state index contributed by atoms with van der Waals surface area (Å²) in [5, 5.41) is 0. The molecule has 8 heavy (non-hydrogen) atoms. The first-order chi connectivity index (χ1) is 3.31. The first-order valence-corrected chi connectivity index (χ1v) is 3.15. The maximum atomic E-state index is 9.70. The van der Waals surface area contributed by atoms with Crippen LogP contribution >= 0.6 is 8.69 Å². The van der Waals surface area contributed by atoms with E-state index in [1.165, 1.54) is 0 Å². The van der Waals surface area contributed by atoms with Gasteiger partial charge in [-0.1, -0.05) is 6.92 Å². The summed E-state index contributed by atoms with van der Waals surface area (Å²) in [4.78, 5) is 0. The summed E-state index contributed by atoms with van der Waals surface area (Å²) in [5.74, 6) is 0. The molecule has 4 heteroatoms. The SMILES string of the molecule is CCC(C)O[PH+]=O.[Zn]. The normalized spacial score (nSPS) is 12.8. The maximum absolute atomic E-state index is 9.70. The molecular weight excluding hydrogens is 176 g/mol. The van der Waals surface area contributed by atoms with Crippen LogP contribution in [0.1, 0.15) is 20.3 Å². The van der Waals surface area contributed by atoms with Crippen molar-refractivity contribution < 1.29 is 28.6 Å². The minimum absolute atomic E-state index is 0. The fraction of sp³-hybridized carbons (Fsp3) is 1.00. The molecule has 0 bridgehead atoms. The topological polar surface area (TPSA) is 26.3 Å². The van der Waals surface area contributed by atoms with Gasteiger partial charge in [0.25, 0.3) is 0 Å². The van der Waals surface area contributed by atoms with Crippen LogP contribution in [0.5, 0.6) is 0 Å². The zero-order valence-corrected chi connectivity index (χ0v) is 9.28. The van der Waals surface area contributed by atoms with E-state index in [1.54, 1.807) is 0 Å². The Morgan fingerprint density at radius 2 is 2.25 bits per heavy atom. The number of hydrogen-bond donors (Lipinski definition) is 0. The average molecular weight is 186 g/mol. The molecule has 0 saturated carbocycles.